The molecule has 1 fully saturated rings. The molecule has 0 saturated heterocycles. The van der Waals surface area contributed by atoms with Gasteiger partial charge >= 0.3 is 5.97 Å². The first-order valence-corrected chi connectivity index (χ1v) is 9.69. The Hall–Kier alpha value is -2.80. The quantitative estimate of drug-likeness (QED) is 0.260. The lowest BCUT2D eigenvalue weighted by atomic mass is 9.96. The van der Waals surface area contributed by atoms with Crippen LogP contribution in [-0.2, 0) is 0 Å². The number of esters is 1. The molecule has 146 valence electrons. The van der Waals surface area contributed by atoms with Crippen LogP contribution in [0.5, 0.6) is 5.75 Å². The lowest BCUT2D eigenvalue weighted by molar-refractivity contribution is 0.0730. The van der Waals surface area contributed by atoms with Gasteiger partial charge in [0.1, 0.15) is 11.6 Å². The van der Waals surface area contributed by atoms with E-state index >= 15 is 0 Å². The number of ether oxygens (including phenoxy) is 1. The summed E-state index contributed by atoms with van der Waals surface area (Å²) < 4.78 is 18.8. The van der Waals surface area contributed by atoms with E-state index in [1.807, 2.05) is 0 Å². The van der Waals surface area contributed by atoms with Crippen LogP contribution in [0, 0.1) is 5.82 Å². The smallest absolute Gasteiger partial charge is 0.346 e. The molecular weight excluding hydrogens is 377 g/mol. The fourth-order valence-corrected chi connectivity index (χ4v) is 3.26. The SMILES string of the molecule is O=C(Oc1ccc(C=NNC(=S)NC2CCCCC2)cc1)c1ccccc1F. The van der Waals surface area contributed by atoms with E-state index in [0.717, 1.165) is 18.4 Å². The molecule has 0 spiro atoms. The predicted octanol–water partition coefficient (Wildman–Crippen LogP) is 4.18. The average Bonchev–Trinajstić information content (AvgIpc) is 2.70. The van der Waals surface area contributed by atoms with Crippen LogP contribution in [0.3, 0.4) is 0 Å². The van der Waals surface area contributed by atoms with Gasteiger partial charge in [-0.3, -0.25) is 5.43 Å². The van der Waals surface area contributed by atoms with Crippen LogP contribution < -0.4 is 15.5 Å². The fraction of sp³-hybridized carbons (Fsp3) is 0.286. The number of rotatable bonds is 5. The molecule has 2 N–H and O–H groups in total. The Kier molecular flexibility index (Phi) is 7.08. The highest BCUT2D eigenvalue weighted by Gasteiger charge is 2.14. The first kappa shape index (κ1) is 19.9. The Morgan fingerprint density at radius 2 is 1.82 bits per heavy atom. The van der Waals surface area contributed by atoms with Crippen LogP contribution in [-0.4, -0.2) is 23.3 Å². The van der Waals surface area contributed by atoms with Crippen LogP contribution in [0.4, 0.5) is 4.39 Å². The number of hydrazone groups is 1. The standard InChI is InChI=1S/C21H22FN3O2S/c22-19-9-5-4-8-18(19)20(26)27-17-12-10-15(11-13-17)14-23-25-21(28)24-16-6-2-1-3-7-16/h4-5,8-14,16H,1-3,6-7H2,(H2,24,25,28). The van der Waals surface area contributed by atoms with Crippen molar-refractivity contribution in [1.29, 1.82) is 0 Å². The number of nitrogens with zero attached hydrogens (tertiary/aromatic N) is 1. The zero-order chi connectivity index (χ0) is 19.8. The van der Waals surface area contributed by atoms with Crippen molar-refractivity contribution in [3.63, 3.8) is 0 Å². The molecule has 1 aliphatic carbocycles. The average molecular weight is 399 g/mol. The second-order valence-electron chi connectivity index (χ2n) is 6.62. The maximum atomic E-state index is 13.6. The molecule has 0 heterocycles. The topological polar surface area (TPSA) is 62.7 Å². The van der Waals surface area contributed by atoms with E-state index in [1.54, 1.807) is 36.5 Å². The van der Waals surface area contributed by atoms with Crippen LogP contribution >= 0.6 is 12.2 Å². The molecular formula is C21H22FN3O2S. The van der Waals surface area contributed by atoms with Gasteiger partial charge in [0.25, 0.3) is 0 Å². The summed E-state index contributed by atoms with van der Waals surface area (Å²) in [6, 6.07) is 12.9. The lowest BCUT2D eigenvalue weighted by Crippen LogP contribution is -2.40. The van der Waals surface area contributed by atoms with Gasteiger partial charge in [-0.1, -0.05) is 31.4 Å². The third-order valence-corrected chi connectivity index (χ3v) is 4.71. The summed E-state index contributed by atoms with van der Waals surface area (Å²) in [6.07, 6.45) is 7.66. The Morgan fingerprint density at radius 1 is 1.11 bits per heavy atom. The Balaban J connectivity index is 1.48. The molecule has 1 aliphatic rings. The number of halogens is 1. The van der Waals surface area contributed by atoms with Gasteiger partial charge in [-0.25, -0.2) is 9.18 Å². The van der Waals surface area contributed by atoms with E-state index in [-0.39, 0.29) is 5.56 Å². The van der Waals surface area contributed by atoms with Crippen molar-refractivity contribution in [2.24, 2.45) is 5.10 Å². The molecule has 0 bridgehead atoms. The van der Waals surface area contributed by atoms with E-state index in [4.69, 9.17) is 17.0 Å². The second kappa shape index (κ2) is 9.94. The first-order valence-electron chi connectivity index (χ1n) is 9.28. The van der Waals surface area contributed by atoms with Crippen molar-refractivity contribution in [2.45, 2.75) is 38.1 Å². The highest BCUT2D eigenvalue weighted by molar-refractivity contribution is 7.80. The summed E-state index contributed by atoms with van der Waals surface area (Å²) in [5.74, 6) is -1.02. The molecule has 2 aromatic rings. The molecule has 0 atom stereocenters. The van der Waals surface area contributed by atoms with Gasteiger partial charge in [-0.05, 0) is 67.0 Å². The van der Waals surface area contributed by atoms with E-state index < -0.39 is 11.8 Å². The zero-order valence-corrected chi connectivity index (χ0v) is 16.2. The largest absolute Gasteiger partial charge is 0.423 e. The second-order valence-corrected chi connectivity index (χ2v) is 7.03. The number of benzene rings is 2. The minimum absolute atomic E-state index is 0.101. The number of carbonyl (C=O) groups excluding carboxylic acids is 1. The van der Waals surface area contributed by atoms with Crippen molar-refractivity contribution in [3.8, 4) is 5.75 Å². The molecule has 5 nitrogen and oxygen atoms in total. The van der Waals surface area contributed by atoms with Gasteiger partial charge < -0.3 is 10.1 Å². The molecule has 7 heteroatoms. The Bertz CT molecular complexity index is 849. The summed E-state index contributed by atoms with van der Waals surface area (Å²) in [6.45, 7) is 0. The molecule has 2 aromatic carbocycles. The van der Waals surface area contributed by atoms with E-state index in [1.165, 1.54) is 37.5 Å². The zero-order valence-electron chi connectivity index (χ0n) is 15.4. The summed E-state index contributed by atoms with van der Waals surface area (Å²) in [7, 11) is 0. The van der Waals surface area contributed by atoms with Crippen molar-refractivity contribution < 1.29 is 13.9 Å². The monoisotopic (exact) mass is 399 g/mol. The minimum atomic E-state index is -0.736. The van der Waals surface area contributed by atoms with Crippen molar-refractivity contribution in [2.75, 3.05) is 0 Å². The van der Waals surface area contributed by atoms with Gasteiger partial charge in [-0.15, -0.1) is 0 Å². The number of carbonyl (C=O) groups is 1. The molecule has 28 heavy (non-hydrogen) atoms. The number of hydrogen-bond acceptors (Lipinski definition) is 4. The van der Waals surface area contributed by atoms with Crippen LogP contribution in [0.25, 0.3) is 0 Å². The van der Waals surface area contributed by atoms with Gasteiger partial charge in [0, 0.05) is 6.04 Å². The molecule has 3 rings (SSSR count). The first-order chi connectivity index (χ1) is 13.6. The predicted molar refractivity (Wildman–Crippen MR) is 111 cm³/mol. The molecule has 0 radical (unpaired) electrons. The van der Waals surface area contributed by atoms with Crippen molar-refractivity contribution in [1.82, 2.24) is 10.7 Å². The molecule has 0 unspecified atom stereocenters. The van der Waals surface area contributed by atoms with Crippen molar-refractivity contribution >= 4 is 29.5 Å². The number of nitrogens with one attached hydrogen (secondary N) is 2. The number of thiocarbonyl (C=S) groups is 1. The van der Waals surface area contributed by atoms with Gasteiger partial charge in [0.05, 0.1) is 11.8 Å². The van der Waals surface area contributed by atoms with Gasteiger partial charge in [-0.2, -0.15) is 5.10 Å². The third-order valence-electron chi connectivity index (χ3n) is 4.50. The van der Waals surface area contributed by atoms with Gasteiger partial charge in [0.2, 0.25) is 0 Å². The molecule has 1 saturated carbocycles. The number of hydrogen-bond donors (Lipinski definition) is 2. The highest BCUT2D eigenvalue weighted by Crippen LogP contribution is 2.17. The Morgan fingerprint density at radius 3 is 2.54 bits per heavy atom. The summed E-state index contributed by atoms with van der Waals surface area (Å²) in [4.78, 5) is 12.0. The maximum absolute atomic E-state index is 13.6. The van der Waals surface area contributed by atoms with Crippen LogP contribution in [0.2, 0.25) is 0 Å². The Labute approximate surface area is 169 Å². The molecule has 0 amide bonds. The van der Waals surface area contributed by atoms with Crippen LogP contribution in [0.1, 0.15) is 48.0 Å². The fourth-order valence-electron chi connectivity index (χ4n) is 3.04. The highest BCUT2D eigenvalue weighted by atomic mass is 32.1. The lowest BCUT2D eigenvalue weighted by Gasteiger charge is -2.23. The van der Waals surface area contributed by atoms with Crippen LogP contribution in [0.15, 0.2) is 53.6 Å². The minimum Gasteiger partial charge on any atom is -0.423 e. The van der Waals surface area contributed by atoms with Gasteiger partial charge in [0.15, 0.2) is 5.11 Å². The summed E-state index contributed by atoms with van der Waals surface area (Å²) in [5.41, 5.74) is 3.52. The van der Waals surface area contributed by atoms with Crippen molar-refractivity contribution in [3.05, 3.63) is 65.5 Å². The third kappa shape index (κ3) is 5.85. The maximum Gasteiger partial charge on any atom is 0.346 e. The van der Waals surface area contributed by atoms with E-state index in [9.17, 15) is 9.18 Å². The summed E-state index contributed by atoms with van der Waals surface area (Å²) >= 11 is 5.25. The normalized spacial score (nSPS) is 14.6. The summed E-state index contributed by atoms with van der Waals surface area (Å²) in [5, 5.41) is 7.91. The van der Waals surface area contributed by atoms with E-state index in [2.05, 4.69) is 15.8 Å². The molecule has 0 aromatic heterocycles. The molecule has 0 aliphatic heterocycles. The van der Waals surface area contributed by atoms with E-state index in [0.29, 0.717) is 16.9 Å².